The molecule has 0 saturated carbocycles. The molecule has 1 aliphatic heterocycles. The fourth-order valence-corrected chi connectivity index (χ4v) is 1.96. The molecule has 0 radical (unpaired) electrons. The summed E-state index contributed by atoms with van der Waals surface area (Å²) < 4.78 is 13.5. The molecule has 1 aliphatic rings. The third-order valence-corrected chi connectivity index (χ3v) is 2.64. The van der Waals surface area contributed by atoms with Crippen LogP contribution in [-0.2, 0) is 0 Å². The van der Waals surface area contributed by atoms with Crippen LogP contribution < -0.4 is 5.32 Å². The lowest BCUT2D eigenvalue weighted by atomic mass is 10.0. The van der Waals surface area contributed by atoms with Gasteiger partial charge in [0.15, 0.2) is 0 Å². The molecule has 0 bridgehead atoms. The predicted octanol–water partition coefficient (Wildman–Crippen LogP) is 2.16. The number of halogens is 1. The van der Waals surface area contributed by atoms with Gasteiger partial charge < -0.3 is 5.32 Å². The van der Waals surface area contributed by atoms with Gasteiger partial charge in [-0.1, -0.05) is 6.07 Å². The summed E-state index contributed by atoms with van der Waals surface area (Å²) in [5, 5.41) is 13.8. The molecule has 1 saturated heterocycles. The van der Waals surface area contributed by atoms with Crippen LogP contribution in [0.3, 0.4) is 0 Å². The molecule has 1 heterocycles. The third-order valence-electron chi connectivity index (χ3n) is 2.64. The number of nitrogens with zero attached hydrogens (tertiary/aromatic N) is 1. The Hall–Kier alpha value is -1.49. The maximum Gasteiger partial charge on any atom is 0.277 e. The fourth-order valence-electron chi connectivity index (χ4n) is 1.96. The third kappa shape index (κ3) is 1.83. The topological polar surface area (TPSA) is 55.2 Å². The summed E-state index contributed by atoms with van der Waals surface area (Å²) >= 11 is 0. The molecule has 5 heteroatoms. The van der Waals surface area contributed by atoms with E-state index in [0.29, 0.717) is 0 Å². The van der Waals surface area contributed by atoms with Crippen LogP contribution in [0.5, 0.6) is 0 Å². The Balaban J connectivity index is 2.46. The minimum atomic E-state index is -0.529. The first-order chi connectivity index (χ1) is 7.20. The second kappa shape index (κ2) is 3.94. The first-order valence-electron chi connectivity index (χ1n) is 4.86. The van der Waals surface area contributed by atoms with Crippen molar-refractivity contribution >= 4 is 5.69 Å². The van der Waals surface area contributed by atoms with Crippen molar-refractivity contribution in [2.24, 2.45) is 0 Å². The highest BCUT2D eigenvalue weighted by molar-refractivity contribution is 5.43. The van der Waals surface area contributed by atoms with Gasteiger partial charge in [-0.2, -0.15) is 0 Å². The summed E-state index contributed by atoms with van der Waals surface area (Å²) in [6, 6.07) is 3.76. The lowest BCUT2D eigenvalue weighted by molar-refractivity contribution is -0.386. The summed E-state index contributed by atoms with van der Waals surface area (Å²) in [7, 11) is 0. The van der Waals surface area contributed by atoms with Crippen LogP contribution in [0, 0.1) is 15.9 Å². The lowest BCUT2D eigenvalue weighted by Crippen LogP contribution is -2.16. The van der Waals surface area contributed by atoms with E-state index in [1.807, 2.05) is 0 Å². The molecular formula is C10H11FN2O2. The van der Waals surface area contributed by atoms with Gasteiger partial charge in [-0.05, 0) is 25.5 Å². The number of benzene rings is 1. The van der Waals surface area contributed by atoms with Gasteiger partial charge in [-0.3, -0.25) is 10.1 Å². The van der Waals surface area contributed by atoms with Gasteiger partial charge >= 0.3 is 0 Å². The van der Waals surface area contributed by atoms with E-state index in [4.69, 9.17) is 0 Å². The van der Waals surface area contributed by atoms with Crippen LogP contribution in [-0.4, -0.2) is 11.5 Å². The smallest absolute Gasteiger partial charge is 0.277 e. The highest BCUT2D eigenvalue weighted by atomic mass is 19.1. The Morgan fingerprint density at radius 2 is 2.33 bits per heavy atom. The molecule has 1 atom stereocenters. The van der Waals surface area contributed by atoms with E-state index in [1.165, 1.54) is 18.2 Å². The van der Waals surface area contributed by atoms with Crippen molar-refractivity contribution in [3.63, 3.8) is 0 Å². The van der Waals surface area contributed by atoms with Gasteiger partial charge in [0.1, 0.15) is 5.82 Å². The highest BCUT2D eigenvalue weighted by Crippen LogP contribution is 2.32. The zero-order valence-corrected chi connectivity index (χ0v) is 8.07. The van der Waals surface area contributed by atoms with Crippen LogP contribution in [0.4, 0.5) is 10.1 Å². The minimum Gasteiger partial charge on any atom is -0.310 e. The van der Waals surface area contributed by atoms with Crippen LogP contribution in [0.25, 0.3) is 0 Å². The van der Waals surface area contributed by atoms with E-state index in [0.717, 1.165) is 19.4 Å². The Morgan fingerprint density at radius 3 is 2.93 bits per heavy atom. The average molecular weight is 210 g/mol. The van der Waals surface area contributed by atoms with Gasteiger partial charge in [0, 0.05) is 12.1 Å². The second-order valence-electron chi connectivity index (χ2n) is 3.58. The van der Waals surface area contributed by atoms with E-state index >= 15 is 0 Å². The van der Waals surface area contributed by atoms with Crippen molar-refractivity contribution in [2.75, 3.05) is 6.54 Å². The normalized spacial score (nSPS) is 20.5. The molecule has 0 spiro atoms. The molecule has 2 rings (SSSR count). The maximum atomic E-state index is 13.5. The molecule has 15 heavy (non-hydrogen) atoms. The number of hydrogen-bond acceptors (Lipinski definition) is 3. The van der Waals surface area contributed by atoms with Crippen LogP contribution in [0.2, 0.25) is 0 Å². The van der Waals surface area contributed by atoms with E-state index in [9.17, 15) is 14.5 Å². The summed E-state index contributed by atoms with van der Waals surface area (Å²) in [5.41, 5.74) is 0.0643. The Morgan fingerprint density at radius 1 is 1.53 bits per heavy atom. The molecule has 1 unspecified atom stereocenters. The first kappa shape index (κ1) is 10.0. The molecule has 1 aromatic carbocycles. The monoisotopic (exact) mass is 210 g/mol. The van der Waals surface area contributed by atoms with Crippen molar-refractivity contribution in [1.29, 1.82) is 0 Å². The Bertz CT molecular complexity index is 389. The molecule has 1 aromatic rings. The standard InChI is InChI=1S/C10H11FN2O2/c11-7-3-1-5-9(13(14)15)10(7)8-4-2-6-12-8/h1,3,5,8,12H,2,4,6H2. The van der Waals surface area contributed by atoms with Gasteiger partial charge in [-0.15, -0.1) is 0 Å². The van der Waals surface area contributed by atoms with Crippen molar-refractivity contribution in [2.45, 2.75) is 18.9 Å². The molecule has 0 aliphatic carbocycles. The fraction of sp³-hybridized carbons (Fsp3) is 0.400. The highest BCUT2D eigenvalue weighted by Gasteiger charge is 2.27. The number of hydrogen-bond donors (Lipinski definition) is 1. The van der Waals surface area contributed by atoms with E-state index in [2.05, 4.69) is 5.32 Å². The maximum absolute atomic E-state index is 13.5. The molecule has 4 nitrogen and oxygen atoms in total. The SMILES string of the molecule is O=[N+]([O-])c1cccc(F)c1C1CCCN1. The number of nitro groups is 1. The molecule has 1 fully saturated rings. The van der Waals surface area contributed by atoms with Gasteiger partial charge in [0.25, 0.3) is 5.69 Å². The van der Waals surface area contributed by atoms with Crippen LogP contribution in [0.1, 0.15) is 24.4 Å². The molecule has 80 valence electrons. The van der Waals surface area contributed by atoms with Crippen molar-refractivity contribution in [3.05, 3.63) is 39.7 Å². The van der Waals surface area contributed by atoms with E-state index in [1.54, 1.807) is 0 Å². The summed E-state index contributed by atoms with van der Waals surface area (Å²) in [6.07, 6.45) is 1.68. The summed E-state index contributed by atoms with van der Waals surface area (Å²) in [5.74, 6) is -0.497. The zero-order chi connectivity index (χ0) is 10.8. The van der Waals surface area contributed by atoms with Gasteiger partial charge in [-0.25, -0.2) is 4.39 Å². The van der Waals surface area contributed by atoms with Crippen molar-refractivity contribution in [1.82, 2.24) is 5.32 Å². The summed E-state index contributed by atoms with van der Waals surface area (Å²) in [6.45, 7) is 0.788. The number of rotatable bonds is 2. The quantitative estimate of drug-likeness (QED) is 0.601. The average Bonchev–Trinajstić information content (AvgIpc) is 2.70. The zero-order valence-electron chi connectivity index (χ0n) is 8.07. The second-order valence-corrected chi connectivity index (χ2v) is 3.58. The Labute approximate surface area is 86.3 Å². The minimum absolute atomic E-state index is 0.130. The van der Waals surface area contributed by atoms with Crippen molar-refractivity contribution in [3.8, 4) is 0 Å². The largest absolute Gasteiger partial charge is 0.310 e. The lowest BCUT2D eigenvalue weighted by Gasteiger charge is -2.11. The van der Waals surface area contributed by atoms with Crippen LogP contribution >= 0.6 is 0 Å². The van der Waals surface area contributed by atoms with Gasteiger partial charge in [0.05, 0.1) is 10.5 Å². The Kier molecular flexibility index (Phi) is 2.64. The summed E-state index contributed by atoms with van der Waals surface area (Å²) in [4.78, 5) is 10.2. The molecular weight excluding hydrogens is 199 g/mol. The van der Waals surface area contributed by atoms with E-state index < -0.39 is 10.7 Å². The number of nitrogens with one attached hydrogen (secondary N) is 1. The molecule has 1 N–H and O–H groups in total. The number of nitro benzene ring substituents is 1. The molecule has 0 aromatic heterocycles. The predicted molar refractivity (Wildman–Crippen MR) is 53.0 cm³/mol. The molecule has 0 amide bonds. The first-order valence-corrected chi connectivity index (χ1v) is 4.86. The van der Waals surface area contributed by atoms with E-state index in [-0.39, 0.29) is 17.3 Å². The van der Waals surface area contributed by atoms with Crippen LogP contribution in [0.15, 0.2) is 18.2 Å². The van der Waals surface area contributed by atoms with Crippen molar-refractivity contribution < 1.29 is 9.31 Å². The van der Waals surface area contributed by atoms with Gasteiger partial charge in [0.2, 0.25) is 0 Å².